The number of benzene rings is 1. The lowest BCUT2D eigenvalue weighted by atomic mass is 9.87. The van der Waals surface area contributed by atoms with E-state index in [-0.39, 0.29) is 18.8 Å². The summed E-state index contributed by atoms with van der Waals surface area (Å²) >= 11 is 0. The van der Waals surface area contributed by atoms with Gasteiger partial charge in [0, 0.05) is 52.7 Å². The van der Waals surface area contributed by atoms with Crippen molar-refractivity contribution < 1.29 is 19.4 Å². The molecule has 6 rings (SSSR count). The summed E-state index contributed by atoms with van der Waals surface area (Å²) < 4.78 is 30.1. The minimum atomic E-state index is -2.98. The van der Waals surface area contributed by atoms with Crippen LogP contribution in [0.2, 0.25) is 0 Å². The van der Waals surface area contributed by atoms with Crippen LogP contribution in [0.5, 0.6) is 5.75 Å². The van der Waals surface area contributed by atoms with Gasteiger partial charge in [0.05, 0.1) is 22.8 Å². The van der Waals surface area contributed by atoms with Gasteiger partial charge >= 0.3 is 0 Å². The smallest absolute Gasteiger partial charge is 0.245 e. The average molecular weight is 541 g/mol. The van der Waals surface area contributed by atoms with Crippen LogP contribution in [0, 0.1) is 6.92 Å². The molecule has 204 valence electrons. The third-order valence-corrected chi connectivity index (χ3v) is 9.93. The fraction of sp³-hybridized carbons (Fsp3) is 0.519. The number of carbonyl (C=O) groups excluding carboxylic acids is 1. The molecule has 5 heterocycles. The molecule has 0 spiro atoms. The second-order valence-corrected chi connectivity index (χ2v) is 13.0. The summed E-state index contributed by atoms with van der Waals surface area (Å²) in [5.74, 6) is 3.00. The van der Waals surface area contributed by atoms with Crippen molar-refractivity contribution in [3.8, 4) is 5.75 Å². The molecule has 4 aliphatic heterocycles. The second-order valence-electron chi connectivity index (χ2n) is 10.7. The summed E-state index contributed by atoms with van der Waals surface area (Å²) in [5, 5.41) is 3.50. The molecule has 10 nitrogen and oxygen atoms in total. The summed E-state index contributed by atoms with van der Waals surface area (Å²) in [4.78, 5) is 27.3. The van der Waals surface area contributed by atoms with Crippen molar-refractivity contribution in [2.75, 3.05) is 61.0 Å². The fourth-order valence-corrected chi connectivity index (χ4v) is 7.24. The number of amides is 1. The highest BCUT2D eigenvalue weighted by atomic mass is 32.2. The summed E-state index contributed by atoms with van der Waals surface area (Å²) in [5.41, 5.74) is 4.11. The number of aromatic nitrogens is 2. The number of carbonyl (C=O) groups is 1. The Morgan fingerprint density at radius 1 is 1.16 bits per heavy atom. The molecule has 1 amide bonds. The number of piperidine rings is 1. The Labute approximate surface area is 225 Å². The van der Waals surface area contributed by atoms with E-state index in [2.05, 4.69) is 45.8 Å². The average Bonchev–Trinajstić information content (AvgIpc) is 3.07. The maximum Gasteiger partial charge on any atom is 0.245 e. The number of fused-ring (bicyclic) bond motifs is 2. The summed E-state index contributed by atoms with van der Waals surface area (Å²) in [7, 11) is -2.98. The third-order valence-electron chi connectivity index (χ3n) is 8.33. The lowest BCUT2D eigenvalue weighted by Crippen LogP contribution is -2.54. The summed E-state index contributed by atoms with van der Waals surface area (Å²) in [6, 6.07) is 4.93. The molecule has 0 aliphatic carbocycles. The lowest BCUT2D eigenvalue weighted by Gasteiger charge is -2.47. The number of hydrogen-bond donors (Lipinski definition) is 1. The number of anilines is 3. The predicted octanol–water partition coefficient (Wildman–Crippen LogP) is 2.48. The van der Waals surface area contributed by atoms with Crippen LogP contribution >= 0.6 is 0 Å². The van der Waals surface area contributed by atoms with Gasteiger partial charge in [-0.3, -0.25) is 9.69 Å². The van der Waals surface area contributed by atoms with Crippen LogP contribution in [0.4, 0.5) is 17.3 Å². The molecule has 11 heteroatoms. The fourth-order valence-electron chi connectivity index (χ4n) is 6.04. The zero-order valence-electron chi connectivity index (χ0n) is 21.7. The van der Waals surface area contributed by atoms with E-state index in [1.165, 1.54) is 18.0 Å². The van der Waals surface area contributed by atoms with Gasteiger partial charge in [-0.1, -0.05) is 12.6 Å². The van der Waals surface area contributed by atoms with Crippen LogP contribution in [0.15, 0.2) is 31.1 Å². The molecule has 3 saturated heterocycles. The molecule has 0 atom stereocenters. The van der Waals surface area contributed by atoms with E-state index in [1.807, 2.05) is 9.80 Å². The van der Waals surface area contributed by atoms with Gasteiger partial charge in [0.15, 0.2) is 9.84 Å². The molecule has 4 aliphatic rings. The SMILES string of the molecule is C=CC(=O)N1CCC(N2CC(c3cc(C)c4c(c3)Nc3ncnc(N5CCS(=O)(=O)CC5)c3CO4)C2)CC1.[HH]. The number of nitrogens with zero attached hydrogens (tertiary/aromatic N) is 5. The van der Waals surface area contributed by atoms with E-state index in [1.54, 1.807) is 0 Å². The molecule has 1 N–H and O–H groups in total. The molecule has 0 saturated carbocycles. The Kier molecular flexibility index (Phi) is 6.51. The monoisotopic (exact) mass is 540 g/mol. The van der Waals surface area contributed by atoms with Crippen molar-refractivity contribution in [3.05, 3.63) is 47.8 Å². The van der Waals surface area contributed by atoms with Crippen molar-refractivity contribution in [1.82, 2.24) is 19.8 Å². The second kappa shape index (κ2) is 9.85. The maximum absolute atomic E-state index is 11.9. The van der Waals surface area contributed by atoms with Gasteiger partial charge in [-0.05, 0) is 43.0 Å². The van der Waals surface area contributed by atoms with Crippen molar-refractivity contribution in [2.24, 2.45) is 0 Å². The molecule has 0 radical (unpaired) electrons. The molecule has 1 aromatic heterocycles. The normalized spacial score (nSPS) is 21.8. The Balaban J connectivity index is 0.00000308. The Bertz CT molecular complexity index is 1360. The number of likely N-dealkylation sites (tertiary alicyclic amines) is 2. The molecule has 0 unspecified atom stereocenters. The highest BCUT2D eigenvalue weighted by Gasteiger charge is 2.36. The molecule has 3 fully saturated rings. The lowest BCUT2D eigenvalue weighted by molar-refractivity contribution is -0.127. The van der Waals surface area contributed by atoms with Gasteiger partial charge in [-0.25, -0.2) is 18.4 Å². The highest BCUT2D eigenvalue weighted by molar-refractivity contribution is 7.91. The van der Waals surface area contributed by atoms with E-state index >= 15 is 0 Å². The van der Waals surface area contributed by atoms with Crippen LogP contribution in [-0.2, 0) is 21.2 Å². The standard InChI is InChI=1S/C27H34N6O4S.H2/c1-3-24(34)31-6-4-21(5-7-31)33-14-20(15-33)19-12-18(2)25-23(13-19)30-26-22(16-37-25)27(29-17-28-26)32-8-10-38(35,36)11-9-32;/h3,12-13,17,20-21H,1,4-11,14-16H2,2H3,(H,28,29,30);1H. The first-order valence-corrected chi connectivity index (χ1v) is 15.1. The van der Waals surface area contributed by atoms with Crippen LogP contribution in [0.1, 0.15) is 36.9 Å². The number of nitrogens with one attached hydrogen (secondary N) is 1. The third kappa shape index (κ3) is 4.73. The minimum absolute atomic E-state index is 0. The summed E-state index contributed by atoms with van der Waals surface area (Å²) in [6.45, 7) is 10.5. The first kappa shape index (κ1) is 25.1. The molecule has 2 aromatic rings. The Hall–Kier alpha value is -3.18. The zero-order valence-corrected chi connectivity index (χ0v) is 22.5. The van der Waals surface area contributed by atoms with Crippen LogP contribution in [-0.4, -0.2) is 90.9 Å². The van der Waals surface area contributed by atoms with Gasteiger partial charge in [-0.2, -0.15) is 0 Å². The maximum atomic E-state index is 11.9. The van der Waals surface area contributed by atoms with Gasteiger partial charge in [0.1, 0.15) is 30.3 Å². The number of sulfone groups is 1. The van der Waals surface area contributed by atoms with E-state index in [4.69, 9.17) is 4.74 Å². The van der Waals surface area contributed by atoms with Crippen LogP contribution in [0.25, 0.3) is 0 Å². The first-order chi connectivity index (χ1) is 18.3. The minimum Gasteiger partial charge on any atom is -0.486 e. The van der Waals surface area contributed by atoms with E-state index in [0.717, 1.165) is 67.4 Å². The first-order valence-electron chi connectivity index (χ1n) is 13.3. The largest absolute Gasteiger partial charge is 0.486 e. The van der Waals surface area contributed by atoms with Crippen molar-refractivity contribution in [3.63, 3.8) is 0 Å². The topological polar surface area (TPSA) is 108 Å². The molecular weight excluding hydrogens is 504 g/mol. The van der Waals surface area contributed by atoms with Crippen molar-refractivity contribution in [2.45, 2.75) is 38.3 Å². The Morgan fingerprint density at radius 3 is 2.61 bits per heavy atom. The Morgan fingerprint density at radius 2 is 1.89 bits per heavy atom. The molecule has 38 heavy (non-hydrogen) atoms. The van der Waals surface area contributed by atoms with E-state index < -0.39 is 9.84 Å². The summed E-state index contributed by atoms with van der Waals surface area (Å²) in [6.07, 6.45) is 4.95. The van der Waals surface area contributed by atoms with E-state index in [0.29, 0.717) is 37.5 Å². The van der Waals surface area contributed by atoms with Gasteiger partial charge in [0.25, 0.3) is 0 Å². The molecule has 1 aromatic carbocycles. The van der Waals surface area contributed by atoms with E-state index in [9.17, 15) is 13.2 Å². The van der Waals surface area contributed by atoms with Gasteiger partial charge < -0.3 is 19.9 Å². The van der Waals surface area contributed by atoms with Gasteiger partial charge in [-0.15, -0.1) is 0 Å². The highest BCUT2D eigenvalue weighted by Crippen LogP contribution is 2.42. The predicted molar refractivity (Wildman–Crippen MR) is 148 cm³/mol. The number of hydrogen-bond acceptors (Lipinski definition) is 9. The quantitative estimate of drug-likeness (QED) is 0.585. The van der Waals surface area contributed by atoms with Crippen molar-refractivity contribution in [1.29, 1.82) is 0 Å². The molecule has 0 bridgehead atoms. The van der Waals surface area contributed by atoms with Crippen LogP contribution < -0.4 is 15.0 Å². The van der Waals surface area contributed by atoms with Gasteiger partial charge in [0.2, 0.25) is 5.91 Å². The molecular formula is C27H36N6O4S. The van der Waals surface area contributed by atoms with Crippen LogP contribution in [0.3, 0.4) is 0 Å². The number of ether oxygens (including phenoxy) is 1. The number of aryl methyl sites for hydroxylation is 1. The zero-order chi connectivity index (χ0) is 26.4. The van der Waals surface area contributed by atoms with Crippen molar-refractivity contribution >= 4 is 33.1 Å². The number of rotatable bonds is 4.